The molecule has 0 fully saturated rings. The van der Waals surface area contributed by atoms with Gasteiger partial charge in [0.05, 0.1) is 0 Å². The Bertz CT molecular complexity index is 1950. The molecule has 0 saturated carbocycles. The maximum Gasteiger partial charge on any atom is 0.159 e. The van der Waals surface area contributed by atoms with E-state index in [0.29, 0.717) is 45.7 Å². The second kappa shape index (κ2) is 13.2. The topological polar surface area (TPSA) is 51.6 Å². The number of halogens is 2. The second-order valence-corrected chi connectivity index (χ2v) is 13.6. The molecule has 8 rings (SSSR count). The van der Waals surface area contributed by atoms with Crippen LogP contribution < -0.4 is 0 Å². The molecule has 0 saturated heterocycles. The van der Waals surface area contributed by atoms with Crippen molar-refractivity contribution < 1.29 is 8.78 Å². The number of fused-ring (bicyclic) bond motifs is 2. The minimum atomic E-state index is -0.234. The minimum absolute atomic E-state index is 0.234. The number of aromatic nitrogens is 4. The molecule has 6 aromatic rings. The molecule has 4 aromatic carbocycles. The zero-order valence-electron chi connectivity index (χ0n) is 27.8. The first-order valence-electron chi connectivity index (χ1n) is 16.6. The van der Waals surface area contributed by atoms with E-state index in [9.17, 15) is 8.78 Å². The molecule has 0 N–H and O–H groups in total. The highest BCUT2D eigenvalue weighted by Gasteiger charge is 2.20. The molecule has 0 amide bonds. The molecule has 2 heterocycles. The number of benzene rings is 4. The quantitative estimate of drug-likeness (QED) is 0.193. The average Bonchev–Trinajstić information content (AvgIpc) is 3.65. The Morgan fingerprint density at radius 2 is 0.812 bits per heavy atom. The summed E-state index contributed by atoms with van der Waals surface area (Å²) >= 11 is 0. The zero-order chi connectivity index (χ0) is 33.4. The molecule has 6 heteroatoms. The van der Waals surface area contributed by atoms with Crippen LogP contribution in [0.5, 0.6) is 0 Å². The lowest BCUT2D eigenvalue weighted by atomic mass is 9.99. The van der Waals surface area contributed by atoms with Crippen molar-refractivity contribution in [2.45, 2.75) is 53.4 Å². The van der Waals surface area contributed by atoms with Gasteiger partial charge in [0.15, 0.2) is 11.6 Å². The van der Waals surface area contributed by atoms with Crippen molar-refractivity contribution in [3.63, 3.8) is 0 Å². The molecule has 48 heavy (non-hydrogen) atoms. The molecule has 0 bridgehead atoms. The lowest BCUT2D eigenvalue weighted by Gasteiger charge is -2.08. The summed E-state index contributed by atoms with van der Waals surface area (Å²) in [5.74, 6) is 2.00. The van der Waals surface area contributed by atoms with Crippen LogP contribution in [-0.2, 0) is 25.7 Å². The summed E-state index contributed by atoms with van der Waals surface area (Å²) in [7, 11) is 0. The van der Waals surface area contributed by atoms with Gasteiger partial charge >= 0.3 is 0 Å². The van der Waals surface area contributed by atoms with Gasteiger partial charge in [0.25, 0.3) is 0 Å². The molecule has 0 radical (unpaired) electrons. The van der Waals surface area contributed by atoms with Gasteiger partial charge in [0.1, 0.15) is 11.6 Å². The van der Waals surface area contributed by atoms with Gasteiger partial charge in [-0.05, 0) is 108 Å². The molecule has 4 nitrogen and oxygen atoms in total. The van der Waals surface area contributed by atoms with E-state index in [0.717, 1.165) is 47.9 Å². The van der Waals surface area contributed by atoms with Crippen LogP contribution in [0.15, 0.2) is 97.6 Å². The third-order valence-electron chi connectivity index (χ3n) is 9.32. The van der Waals surface area contributed by atoms with Gasteiger partial charge in [-0.3, -0.25) is 0 Å². The van der Waals surface area contributed by atoms with E-state index in [1.807, 2.05) is 50.2 Å². The monoisotopic (exact) mass is 636 g/mol. The van der Waals surface area contributed by atoms with Crippen molar-refractivity contribution in [3.05, 3.63) is 143 Å². The summed E-state index contributed by atoms with van der Waals surface area (Å²) in [4.78, 5) is 17.1. The van der Waals surface area contributed by atoms with Crippen LogP contribution in [0, 0.1) is 37.3 Å². The van der Waals surface area contributed by atoms with Crippen molar-refractivity contribution in [2.75, 3.05) is 0 Å². The first-order chi connectivity index (χ1) is 23.2. The lowest BCUT2D eigenvalue weighted by Crippen LogP contribution is -1.92. The Morgan fingerprint density at radius 1 is 0.458 bits per heavy atom. The third-order valence-corrected chi connectivity index (χ3v) is 9.32. The summed E-state index contributed by atoms with van der Waals surface area (Å²) < 4.78 is 29.3. The molecule has 240 valence electrons. The predicted octanol–water partition coefficient (Wildman–Crippen LogP) is 9.99. The molecule has 2 unspecified atom stereocenters. The molecule has 0 aliphatic heterocycles. The van der Waals surface area contributed by atoms with E-state index < -0.39 is 0 Å². The van der Waals surface area contributed by atoms with Crippen molar-refractivity contribution >= 4 is 0 Å². The Morgan fingerprint density at radius 3 is 1.19 bits per heavy atom. The van der Waals surface area contributed by atoms with Crippen molar-refractivity contribution in [1.29, 1.82) is 0 Å². The first kappa shape index (κ1) is 31.5. The SMILES string of the molecule is Cc1cnc(-c2ccc(-c3ccc4c(c3)CC(C)C4)c(F)c2)nc1.Cc1cnc(-c2ccc(-c3ccc4c(c3)CC(C)C4)c(F)c2)nc1. The zero-order valence-corrected chi connectivity index (χ0v) is 27.8. The number of aryl methyl sites for hydroxylation is 2. The Balaban J connectivity index is 0.000000152. The van der Waals surface area contributed by atoms with Crippen LogP contribution in [0.25, 0.3) is 45.0 Å². The summed E-state index contributed by atoms with van der Waals surface area (Å²) in [5, 5.41) is 0. The van der Waals surface area contributed by atoms with E-state index in [4.69, 9.17) is 0 Å². The van der Waals surface area contributed by atoms with E-state index in [2.05, 4.69) is 58.0 Å². The van der Waals surface area contributed by atoms with E-state index >= 15 is 0 Å². The highest BCUT2D eigenvalue weighted by Crippen LogP contribution is 2.34. The van der Waals surface area contributed by atoms with Crippen LogP contribution in [0.3, 0.4) is 0 Å². The number of hydrogen-bond acceptors (Lipinski definition) is 4. The highest BCUT2D eigenvalue weighted by atomic mass is 19.1. The standard InChI is InChI=1S/2C21H19FN2/c2*1-13-7-15-3-4-16(9-18(15)8-13)19-6-5-17(10-20(19)22)21-23-11-14(2)12-24-21/h2*3-6,9-13H,7-8H2,1-2H3. The van der Waals surface area contributed by atoms with Gasteiger partial charge in [-0.1, -0.05) is 74.5 Å². The van der Waals surface area contributed by atoms with E-state index in [1.54, 1.807) is 24.8 Å². The fraction of sp³-hybridized carbons (Fsp3) is 0.238. The molecule has 0 spiro atoms. The molecule has 2 atom stereocenters. The first-order valence-corrected chi connectivity index (χ1v) is 16.6. The normalized spacial score (nSPS) is 16.2. The van der Waals surface area contributed by atoms with Gasteiger partial charge in [0.2, 0.25) is 0 Å². The van der Waals surface area contributed by atoms with Crippen LogP contribution in [0.2, 0.25) is 0 Å². The van der Waals surface area contributed by atoms with Crippen LogP contribution >= 0.6 is 0 Å². The Hall–Kier alpha value is -5.10. The fourth-order valence-electron chi connectivity index (χ4n) is 6.87. The summed E-state index contributed by atoms with van der Waals surface area (Å²) in [6.07, 6.45) is 11.4. The lowest BCUT2D eigenvalue weighted by molar-refractivity contribution is 0.627. The van der Waals surface area contributed by atoms with Crippen LogP contribution in [0.1, 0.15) is 47.2 Å². The van der Waals surface area contributed by atoms with E-state index in [-0.39, 0.29) is 11.6 Å². The summed E-state index contributed by atoms with van der Waals surface area (Å²) in [6.45, 7) is 8.39. The van der Waals surface area contributed by atoms with Gasteiger partial charge in [-0.15, -0.1) is 0 Å². The van der Waals surface area contributed by atoms with Crippen molar-refractivity contribution in [3.8, 4) is 45.0 Å². The molecule has 2 aliphatic carbocycles. The highest BCUT2D eigenvalue weighted by molar-refractivity contribution is 5.71. The maximum atomic E-state index is 14.7. The number of nitrogens with zero attached hydrogens (tertiary/aromatic N) is 4. The van der Waals surface area contributed by atoms with Gasteiger partial charge in [-0.25, -0.2) is 28.7 Å². The van der Waals surface area contributed by atoms with Crippen molar-refractivity contribution in [1.82, 2.24) is 19.9 Å². The van der Waals surface area contributed by atoms with Gasteiger partial charge < -0.3 is 0 Å². The Kier molecular flexibility index (Phi) is 8.65. The van der Waals surface area contributed by atoms with E-state index in [1.165, 1.54) is 34.4 Å². The second-order valence-electron chi connectivity index (χ2n) is 13.6. The van der Waals surface area contributed by atoms with Crippen LogP contribution in [0.4, 0.5) is 8.78 Å². The molecule has 2 aromatic heterocycles. The average molecular weight is 637 g/mol. The largest absolute Gasteiger partial charge is 0.236 e. The number of rotatable bonds is 4. The third kappa shape index (κ3) is 6.66. The van der Waals surface area contributed by atoms with Crippen LogP contribution in [-0.4, -0.2) is 19.9 Å². The number of hydrogen-bond donors (Lipinski definition) is 0. The summed E-state index contributed by atoms with van der Waals surface area (Å²) in [5.41, 5.74) is 12.0. The maximum absolute atomic E-state index is 14.7. The summed E-state index contributed by atoms with van der Waals surface area (Å²) in [6, 6.07) is 23.1. The van der Waals surface area contributed by atoms with Gasteiger partial charge in [0, 0.05) is 47.0 Å². The molecular weight excluding hydrogens is 598 g/mol. The predicted molar refractivity (Wildman–Crippen MR) is 188 cm³/mol. The Labute approximate surface area is 281 Å². The fourth-order valence-corrected chi connectivity index (χ4v) is 6.87. The molecule has 2 aliphatic rings. The molecular formula is C42H38F2N4. The smallest absolute Gasteiger partial charge is 0.159 e. The van der Waals surface area contributed by atoms with Gasteiger partial charge in [-0.2, -0.15) is 0 Å². The van der Waals surface area contributed by atoms with Crippen molar-refractivity contribution in [2.24, 2.45) is 11.8 Å². The minimum Gasteiger partial charge on any atom is -0.236 e.